The van der Waals surface area contributed by atoms with Crippen molar-refractivity contribution >= 4 is 11.7 Å². The first-order valence-corrected chi connectivity index (χ1v) is 5.92. The number of carbonyl (C=O) groups excluding carboxylic acids is 2. The normalized spacial score (nSPS) is 19.4. The van der Waals surface area contributed by atoms with E-state index in [0.717, 1.165) is 5.56 Å². The van der Waals surface area contributed by atoms with Gasteiger partial charge in [-0.15, -0.1) is 0 Å². The Morgan fingerprint density at radius 3 is 2.88 bits per heavy atom. The molecule has 0 saturated carbocycles. The number of hydrogen-bond acceptors (Lipinski definition) is 2. The fraction of sp³-hybridized carbons (Fsp3) is 0.538. The van der Waals surface area contributed by atoms with Gasteiger partial charge in [-0.1, -0.05) is 13.8 Å². The van der Waals surface area contributed by atoms with Crippen molar-refractivity contribution < 1.29 is 9.59 Å². The van der Waals surface area contributed by atoms with Gasteiger partial charge in [0.15, 0.2) is 0 Å². The van der Waals surface area contributed by atoms with E-state index in [0.29, 0.717) is 25.9 Å². The van der Waals surface area contributed by atoms with Crippen LogP contribution in [0.15, 0.2) is 18.5 Å². The van der Waals surface area contributed by atoms with Crippen molar-refractivity contribution in [3.05, 3.63) is 24.0 Å². The third-order valence-corrected chi connectivity index (χ3v) is 3.32. The van der Waals surface area contributed by atoms with E-state index in [-0.39, 0.29) is 11.7 Å². The van der Waals surface area contributed by atoms with Crippen LogP contribution in [0.2, 0.25) is 0 Å². The van der Waals surface area contributed by atoms with Crippen molar-refractivity contribution in [3.8, 4) is 0 Å². The van der Waals surface area contributed by atoms with E-state index < -0.39 is 5.41 Å². The number of aromatic amines is 1. The number of ketones is 1. The molecule has 1 saturated heterocycles. The summed E-state index contributed by atoms with van der Waals surface area (Å²) < 4.78 is 0. The van der Waals surface area contributed by atoms with Crippen molar-refractivity contribution in [2.75, 3.05) is 13.1 Å². The van der Waals surface area contributed by atoms with E-state index in [1.165, 1.54) is 0 Å². The van der Waals surface area contributed by atoms with Gasteiger partial charge in [-0.3, -0.25) is 9.59 Å². The average molecular weight is 234 g/mol. The summed E-state index contributed by atoms with van der Waals surface area (Å²) in [5.74, 6) is 0.355. The summed E-state index contributed by atoms with van der Waals surface area (Å²) in [5.41, 5.74) is 0.594. The molecule has 1 aliphatic heterocycles. The van der Waals surface area contributed by atoms with Crippen LogP contribution in [0, 0.1) is 5.41 Å². The summed E-state index contributed by atoms with van der Waals surface area (Å²) in [6, 6.07) is 1.90. The minimum Gasteiger partial charge on any atom is -0.367 e. The minimum atomic E-state index is -0.397. The van der Waals surface area contributed by atoms with Gasteiger partial charge in [0.2, 0.25) is 5.91 Å². The lowest BCUT2D eigenvalue weighted by molar-refractivity contribution is -0.140. The van der Waals surface area contributed by atoms with Crippen molar-refractivity contribution in [1.29, 1.82) is 0 Å². The van der Waals surface area contributed by atoms with Gasteiger partial charge in [0.05, 0.1) is 6.42 Å². The summed E-state index contributed by atoms with van der Waals surface area (Å²) in [5, 5.41) is 0. The first-order chi connectivity index (χ1) is 7.99. The zero-order chi connectivity index (χ0) is 12.5. The second kappa shape index (κ2) is 4.35. The number of rotatable bonds is 2. The van der Waals surface area contributed by atoms with Gasteiger partial charge in [0.1, 0.15) is 5.78 Å². The molecule has 1 aromatic rings. The molecular formula is C13H18N2O2. The minimum absolute atomic E-state index is 0.102. The highest BCUT2D eigenvalue weighted by atomic mass is 16.2. The number of hydrogen-bond donors (Lipinski definition) is 1. The maximum absolute atomic E-state index is 12.1. The molecule has 1 fully saturated rings. The summed E-state index contributed by atoms with van der Waals surface area (Å²) in [4.78, 5) is 28.5. The molecule has 4 nitrogen and oxygen atoms in total. The highest BCUT2D eigenvalue weighted by Gasteiger charge is 2.35. The topological polar surface area (TPSA) is 53.2 Å². The number of amides is 1. The number of nitrogens with one attached hydrogen (secondary N) is 1. The summed E-state index contributed by atoms with van der Waals surface area (Å²) >= 11 is 0. The van der Waals surface area contributed by atoms with E-state index in [1.54, 1.807) is 4.90 Å². The van der Waals surface area contributed by atoms with Crippen LogP contribution in [-0.4, -0.2) is 34.7 Å². The van der Waals surface area contributed by atoms with Gasteiger partial charge in [-0.25, -0.2) is 0 Å². The Morgan fingerprint density at radius 2 is 2.29 bits per heavy atom. The molecule has 0 aliphatic carbocycles. The predicted octanol–water partition coefficient (Wildman–Crippen LogP) is 1.38. The molecule has 1 aliphatic rings. The van der Waals surface area contributed by atoms with Crippen LogP contribution < -0.4 is 0 Å². The van der Waals surface area contributed by atoms with E-state index in [9.17, 15) is 9.59 Å². The van der Waals surface area contributed by atoms with Crippen LogP contribution in [0.1, 0.15) is 25.8 Å². The van der Waals surface area contributed by atoms with Crippen molar-refractivity contribution in [1.82, 2.24) is 9.88 Å². The van der Waals surface area contributed by atoms with Gasteiger partial charge >= 0.3 is 0 Å². The Balaban J connectivity index is 1.99. The molecule has 0 unspecified atom stereocenters. The average Bonchev–Trinajstić information content (AvgIpc) is 2.74. The standard InChI is InChI=1S/C13H18N2O2/c1-13(2)9-15(6-4-11(13)16)12(17)7-10-3-5-14-8-10/h3,5,8,14H,4,6-7,9H2,1-2H3. The number of Topliss-reactive ketones (excluding diaryl/α,β-unsaturated/α-hetero) is 1. The van der Waals surface area contributed by atoms with Crippen molar-refractivity contribution in [3.63, 3.8) is 0 Å². The Hall–Kier alpha value is -1.58. The third kappa shape index (κ3) is 2.57. The molecule has 1 aromatic heterocycles. The quantitative estimate of drug-likeness (QED) is 0.840. The lowest BCUT2D eigenvalue weighted by Crippen LogP contribution is -2.49. The number of nitrogens with zero attached hydrogens (tertiary/aromatic N) is 1. The molecular weight excluding hydrogens is 216 g/mol. The molecule has 0 spiro atoms. The molecule has 0 aromatic carbocycles. The van der Waals surface area contributed by atoms with Crippen LogP contribution in [0.3, 0.4) is 0 Å². The first-order valence-electron chi connectivity index (χ1n) is 5.92. The Labute approximate surface area is 101 Å². The Kier molecular flexibility index (Phi) is 3.05. The van der Waals surface area contributed by atoms with E-state index in [1.807, 2.05) is 32.3 Å². The molecule has 1 N–H and O–H groups in total. The fourth-order valence-corrected chi connectivity index (χ4v) is 2.19. The van der Waals surface area contributed by atoms with Gasteiger partial charge in [0, 0.05) is 37.3 Å². The molecule has 4 heteroatoms. The van der Waals surface area contributed by atoms with Gasteiger partial charge in [-0.2, -0.15) is 0 Å². The molecule has 1 amide bonds. The zero-order valence-electron chi connectivity index (χ0n) is 10.3. The second-order valence-corrected chi connectivity index (χ2v) is 5.27. The summed E-state index contributed by atoms with van der Waals surface area (Å²) in [6.45, 7) is 4.91. The monoisotopic (exact) mass is 234 g/mol. The fourth-order valence-electron chi connectivity index (χ4n) is 2.19. The van der Waals surface area contributed by atoms with E-state index >= 15 is 0 Å². The molecule has 0 bridgehead atoms. The lowest BCUT2D eigenvalue weighted by atomic mass is 9.82. The zero-order valence-corrected chi connectivity index (χ0v) is 10.3. The molecule has 0 radical (unpaired) electrons. The third-order valence-electron chi connectivity index (χ3n) is 3.32. The van der Waals surface area contributed by atoms with Crippen LogP contribution in [0.25, 0.3) is 0 Å². The van der Waals surface area contributed by atoms with Gasteiger partial charge in [0.25, 0.3) is 0 Å². The smallest absolute Gasteiger partial charge is 0.227 e. The SMILES string of the molecule is CC1(C)CN(C(=O)Cc2cc[nH]c2)CCC1=O. The van der Waals surface area contributed by atoms with Crippen molar-refractivity contribution in [2.24, 2.45) is 5.41 Å². The van der Waals surface area contributed by atoms with Crippen LogP contribution >= 0.6 is 0 Å². The summed E-state index contributed by atoms with van der Waals surface area (Å²) in [7, 11) is 0. The van der Waals surface area contributed by atoms with Crippen LogP contribution in [-0.2, 0) is 16.0 Å². The Morgan fingerprint density at radius 1 is 1.53 bits per heavy atom. The molecule has 0 atom stereocenters. The molecule has 2 rings (SSSR count). The van der Waals surface area contributed by atoms with E-state index in [4.69, 9.17) is 0 Å². The van der Waals surface area contributed by atoms with Crippen LogP contribution in [0.5, 0.6) is 0 Å². The van der Waals surface area contributed by atoms with Gasteiger partial charge in [-0.05, 0) is 11.6 Å². The number of aromatic nitrogens is 1. The maximum Gasteiger partial charge on any atom is 0.227 e. The highest BCUT2D eigenvalue weighted by molar-refractivity contribution is 5.88. The molecule has 2 heterocycles. The maximum atomic E-state index is 12.1. The molecule has 17 heavy (non-hydrogen) atoms. The molecule has 92 valence electrons. The van der Waals surface area contributed by atoms with Crippen molar-refractivity contribution in [2.45, 2.75) is 26.7 Å². The number of likely N-dealkylation sites (tertiary alicyclic amines) is 1. The first kappa shape index (κ1) is 11.9. The Bertz CT molecular complexity index is 421. The van der Waals surface area contributed by atoms with E-state index in [2.05, 4.69) is 4.98 Å². The largest absolute Gasteiger partial charge is 0.367 e. The lowest BCUT2D eigenvalue weighted by Gasteiger charge is -2.36. The predicted molar refractivity (Wildman–Crippen MR) is 64.5 cm³/mol. The van der Waals surface area contributed by atoms with Crippen LogP contribution in [0.4, 0.5) is 0 Å². The van der Waals surface area contributed by atoms with Gasteiger partial charge < -0.3 is 9.88 Å². The number of H-pyrrole nitrogens is 1. The highest BCUT2D eigenvalue weighted by Crippen LogP contribution is 2.25. The second-order valence-electron chi connectivity index (χ2n) is 5.27. The summed E-state index contributed by atoms with van der Waals surface area (Å²) in [6.07, 6.45) is 4.53. The number of piperidine rings is 1. The number of carbonyl (C=O) groups is 2.